The topological polar surface area (TPSA) is 109 Å². The summed E-state index contributed by atoms with van der Waals surface area (Å²) in [6, 6.07) is 0. The largest absolute Gasteiger partial charge is 0.499 e. The molecule has 0 aromatic rings. The molecule has 238 valence electrons. The first-order valence-electron chi connectivity index (χ1n) is 14.8. The minimum absolute atomic E-state index is 0.142. The third kappa shape index (κ3) is 34.7. The van der Waals surface area contributed by atoms with Gasteiger partial charge in [0.15, 0.2) is 0 Å². The maximum Gasteiger partial charge on any atom is 0.305 e. The van der Waals surface area contributed by atoms with Crippen LogP contribution in [0.2, 0.25) is 0 Å². The smallest absolute Gasteiger partial charge is 0.305 e. The maximum atomic E-state index is 11.6. The van der Waals surface area contributed by atoms with Gasteiger partial charge >= 0.3 is 5.97 Å². The van der Waals surface area contributed by atoms with Gasteiger partial charge in [0.05, 0.1) is 112 Å². The lowest BCUT2D eigenvalue weighted by atomic mass is 10.1. The lowest BCUT2D eigenvalue weighted by Crippen LogP contribution is -2.15. The van der Waals surface area contributed by atoms with Gasteiger partial charge in [-0.05, 0) is 6.42 Å². The number of ether oxygens (including phenoxy) is 10. The minimum Gasteiger partial charge on any atom is -0.499 e. The van der Waals surface area contributed by atoms with Crippen molar-refractivity contribution in [3.8, 4) is 0 Å². The third-order valence-corrected chi connectivity index (χ3v) is 5.29. The highest BCUT2D eigenvalue weighted by molar-refractivity contribution is 5.69. The van der Waals surface area contributed by atoms with E-state index in [4.69, 9.17) is 47.4 Å². The van der Waals surface area contributed by atoms with Gasteiger partial charge in [0, 0.05) is 6.42 Å². The molecule has 0 rings (SSSR count). The molecule has 0 saturated carbocycles. The average molecular weight is 581 g/mol. The van der Waals surface area contributed by atoms with E-state index in [1.165, 1.54) is 31.9 Å². The number of unbranched alkanes of at least 4 members (excludes halogenated alkanes) is 5. The number of carbonyl (C=O) groups excluding carboxylic acids is 1. The summed E-state index contributed by atoms with van der Waals surface area (Å²) in [7, 11) is 0. The Bertz CT molecular complexity index is 508. The molecular weight excluding hydrogens is 524 g/mol. The molecule has 0 radical (unpaired) electrons. The van der Waals surface area contributed by atoms with Gasteiger partial charge in [0.25, 0.3) is 0 Å². The summed E-state index contributed by atoms with van der Waals surface area (Å²) < 4.78 is 53.4. The van der Waals surface area contributed by atoms with Crippen LogP contribution < -0.4 is 0 Å². The fraction of sp³-hybridized carbons (Fsp3) is 0.897. The quantitative estimate of drug-likeness (QED) is 0.0623. The molecule has 0 aromatic carbocycles. The summed E-state index contributed by atoms with van der Waals surface area (Å²) in [4.78, 5) is 11.6. The van der Waals surface area contributed by atoms with Crippen LogP contribution in [0.4, 0.5) is 0 Å². The molecule has 0 aromatic heterocycles. The molecule has 0 aliphatic heterocycles. The monoisotopic (exact) mass is 580 g/mol. The fourth-order valence-electron chi connectivity index (χ4n) is 3.17. The van der Waals surface area contributed by atoms with Gasteiger partial charge in [0.1, 0.15) is 13.2 Å². The Morgan fingerprint density at radius 3 is 1.18 bits per heavy atom. The van der Waals surface area contributed by atoms with Gasteiger partial charge in [-0.3, -0.25) is 4.79 Å². The van der Waals surface area contributed by atoms with Crippen LogP contribution in [-0.2, 0) is 52.2 Å². The summed E-state index contributed by atoms with van der Waals surface area (Å²) in [5, 5.41) is 0. The van der Waals surface area contributed by atoms with Gasteiger partial charge in [0.2, 0.25) is 0 Å². The third-order valence-electron chi connectivity index (χ3n) is 5.29. The van der Waals surface area contributed by atoms with E-state index in [-0.39, 0.29) is 12.6 Å². The second-order valence-corrected chi connectivity index (χ2v) is 8.67. The van der Waals surface area contributed by atoms with Crippen LogP contribution in [0, 0.1) is 0 Å². The predicted molar refractivity (Wildman–Crippen MR) is 152 cm³/mol. The maximum absolute atomic E-state index is 11.6. The summed E-state index contributed by atoms with van der Waals surface area (Å²) in [6.07, 6.45) is 8.83. The molecule has 40 heavy (non-hydrogen) atoms. The Balaban J connectivity index is 3.09. The SMILES string of the molecule is C=COCCOCCOCCOCCOCCOCCOCCOCCOCCOC(=O)CCCCCCCC. The highest BCUT2D eigenvalue weighted by Crippen LogP contribution is 2.07. The van der Waals surface area contributed by atoms with Gasteiger partial charge in [-0.25, -0.2) is 0 Å². The van der Waals surface area contributed by atoms with Crippen molar-refractivity contribution >= 4 is 5.97 Å². The van der Waals surface area contributed by atoms with Crippen molar-refractivity contribution in [1.29, 1.82) is 0 Å². The normalized spacial score (nSPS) is 11.1. The number of hydrogen-bond donors (Lipinski definition) is 0. The van der Waals surface area contributed by atoms with Crippen LogP contribution >= 0.6 is 0 Å². The Labute approximate surface area is 242 Å². The van der Waals surface area contributed by atoms with Gasteiger partial charge < -0.3 is 47.4 Å². The highest BCUT2D eigenvalue weighted by atomic mass is 16.6. The summed E-state index contributed by atoms with van der Waals surface area (Å²) in [6.45, 7) is 14.4. The van der Waals surface area contributed by atoms with E-state index < -0.39 is 0 Å². The predicted octanol–water partition coefficient (Wildman–Crippen LogP) is 3.57. The minimum atomic E-state index is -0.142. The number of carbonyl (C=O) groups is 1. The molecule has 0 bridgehead atoms. The summed E-state index contributed by atoms with van der Waals surface area (Å²) >= 11 is 0. The fourth-order valence-corrected chi connectivity index (χ4v) is 3.17. The summed E-state index contributed by atoms with van der Waals surface area (Å²) in [5.41, 5.74) is 0. The van der Waals surface area contributed by atoms with Crippen molar-refractivity contribution in [2.45, 2.75) is 51.9 Å². The zero-order valence-electron chi connectivity index (χ0n) is 25.0. The van der Waals surface area contributed by atoms with Crippen molar-refractivity contribution in [3.05, 3.63) is 12.8 Å². The van der Waals surface area contributed by atoms with E-state index in [1.807, 2.05) is 0 Å². The molecule has 11 heteroatoms. The van der Waals surface area contributed by atoms with Gasteiger partial charge in [-0.1, -0.05) is 45.6 Å². The van der Waals surface area contributed by atoms with Gasteiger partial charge in [-0.15, -0.1) is 0 Å². The first-order chi connectivity index (χ1) is 19.8. The molecule has 0 aliphatic rings. The van der Waals surface area contributed by atoms with E-state index >= 15 is 0 Å². The van der Waals surface area contributed by atoms with E-state index in [2.05, 4.69) is 13.5 Å². The molecule has 0 spiro atoms. The van der Waals surface area contributed by atoms with E-state index in [9.17, 15) is 4.79 Å². The molecule has 0 atom stereocenters. The first-order valence-corrected chi connectivity index (χ1v) is 14.8. The lowest BCUT2D eigenvalue weighted by molar-refractivity contribution is -0.145. The molecule has 0 fully saturated rings. The zero-order valence-corrected chi connectivity index (χ0v) is 25.0. The van der Waals surface area contributed by atoms with Crippen molar-refractivity contribution in [2.75, 3.05) is 119 Å². The molecule has 0 aliphatic carbocycles. The van der Waals surface area contributed by atoms with Gasteiger partial charge in [-0.2, -0.15) is 0 Å². The van der Waals surface area contributed by atoms with Crippen LogP contribution in [0.1, 0.15) is 51.9 Å². The Morgan fingerprint density at radius 2 is 0.800 bits per heavy atom. The number of hydrogen-bond acceptors (Lipinski definition) is 11. The van der Waals surface area contributed by atoms with E-state index in [0.717, 1.165) is 12.8 Å². The Morgan fingerprint density at radius 1 is 0.475 bits per heavy atom. The van der Waals surface area contributed by atoms with Crippen LogP contribution in [-0.4, -0.2) is 125 Å². The molecule has 0 N–H and O–H groups in total. The average Bonchev–Trinajstić information content (AvgIpc) is 2.96. The van der Waals surface area contributed by atoms with Crippen LogP contribution in [0.25, 0.3) is 0 Å². The van der Waals surface area contributed by atoms with Crippen LogP contribution in [0.5, 0.6) is 0 Å². The van der Waals surface area contributed by atoms with Crippen molar-refractivity contribution in [2.24, 2.45) is 0 Å². The second-order valence-electron chi connectivity index (χ2n) is 8.67. The first kappa shape index (κ1) is 38.7. The zero-order chi connectivity index (χ0) is 29.0. The Kier molecular flexibility index (Phi) is 34.5. The molecule has 0 saturated heterocycles. The van der Waals surface area contributed by atoms with Crippen LogP contribution in [0.15, 0.2) is 12.8 Å². The standard InChI is InChI=1S/C29H56O11/c1-3-5-6-7-8-9-10-29(30)40-28-27-39-26-25-38-24-23-37-22-21-36-20-19-35-18-17-34-16-15-33-14-13-32-12-11-31-4-2/h4H,2-3,5-28H2,1H3. The van der Waals surface area contributed by atoms with Crippen molar-refractivity contribution in [1.82, 2.24) is 0 Å². The Hall–Kier alpha value is -1.31. The summed E-state index contributed by atoms with van der Waals surface area (Å²) in [5.74, 6) is -0.142. The van der Waals surface area contributed by atoms with Crippen molar-refractivity contribution < 1.29 is 52.2 Å². The van der Waals surface area contributed by atoms with Crippen molar-refractivity contribution in [3.63, 3.8) is 0 Å². The van der Waals surface area contributed by atoms with Crippen LogP contribution in [0.3, 0.4) is 0 Å². The molecular formula is C29H56O11. The molecule has 0 unspecified atom stereocenters. The number of rotatable bonds is 35. The number of esters is 1. The lowest BCUT2D eigenvalue weighted by Gasteiger charge is -2.09. The molecule has 11 nitrogen and oxygen atoms in total. The van der Waals surface area contributed by atoms with E-state index in [1.54, 1.807) is 0 Å². The van der Waals surface area contributed by atoms with E-state index in [0.29, 0.717) is 119 Å². The highest BCUT2D eigenvalue weighted by Gasteiger charge is 2.02. The second kappa shape index (κ2) is 35.7. The molecule has 0 heterocycles. The molecule has 0 amide bonds.